The summed E-state index contributed by atoms with van der Waals surface area (Å²) in [7, 11) is -3.08. The van der Waals surface area contributed by atoms with Crippen LogP contribution in [0, 0.1) is 11.6 Å². The van der Waals surface area contributed by atoms with Crippen LogP contribution in [0.1, 0.15) is 12.5 Å². The monoisotopic (exact) mass is 263 g/mol. The van der Waals surface area contributed by atoms with Crippen LogP contribution in [-0.4, -0.2) is 26.5 Å². The minimum Gasteiger partial charge on any atom is -0.309 e. The number of hydrogen-bond acceptors (Lipinski definition) is 3. The molecule has 1 aromatic carbocycles. The van der Waals surface area contributed by atoms with Gasteiger partial charge in [0.2, 0.25) is 0 Å². The van der Waals surface area contributed by atoms with E-state index in [4.69, 9.17) is 0 Å². The molecule has 3 nitrogen and oxygen atoms in total. The van der Waals surface area contributed by atoms with Crippen LogP contribution in [0.3, 0.4) is 0 Å². The highest BCUT2D eigenvalue weighted by Crippen LogP contribution is 2.11. The molecule has 0 aliphatic rings. The molecule has 1 aromatic rings. The molecule has 0 amide bonds. The minimum atomic E-state index is -3.08. The number of hydrogen-bond donors (Lipinski definition) is 1. The summed E-state index contributed by atoms with van der Waals surface area (Å²) in [6.07, 6.45) is 1.13. The van der Waals surface area contributed by atoms with Crippen molar-refractivity contribution in [2.75, 3.05) is 12.0 Å². The van der Waals surface area contributed by atoms with Crippen LogP contribution < -0.4 is 5.32 Å². The Hall–Kier alpha value is -1.01. The number of halogens is 2. The molecule has 0 spiro atoms. The molecule has 1 N–H and O–H groups in total. The zero-order chi connectivity index (χ0) is 13.1. The zero-order valence-electron chi connectivity index (χ0n) is 9.70. The topological polar surface area (TPSA) is 46.2 Å². The van der Waals surface area contributed by atoms with E-state index < -0.39 is 21.5 Å². The van der Waals surface area contributed by atoms with E-state index in [-0.39, 0.29) is 23.9 Å². The highest BCUT2D eigenvalue weighted by atomic mass is 32.2. The lowest BCUT2D eigenvalue weighted by Gasteiger charge is -2.13. The highest BCUT2D eigenvalue weighted by Gasteiger charge is 2.12. The first-order chi connectivity index (χ1) is 7.79. The summed E-state index contributed by atoms with van der Waals surface area (Å²) < 4.78 is 48.1. The second-order valence-electron chi connectivity index (χ2n) is 4.09. The molecule has 0 saturated heterocycles. The van der Waals surface area contributed by atoms with Gasteiger partial charge in [-0.1, -0.05) is 12.1 Å². The van der Waals surface area contributed by atoms with Gasteiger partial charge in [-0.2, -0.15) is 0 Å². The second-order valence-corrected chi connectivity index (χ2v) is 6.27. The van der Waals surface area contributed by atoms with Crippen LogP contribution in [0.25, 0.3) is 0 Å². The predicted octanol–water partition coefficient (Wildman–Crippen LogP) is 1.49. The van der Waals surface area contributed by atoms with Crippen molar-refractivity contribution >= 4 is 9.84 Å². The Morgan fingerprint density at radius 3 is 2.59 bits per heavy atom. The van der Waals surface area contributed by atoms with E-state index in [1.165, 1.54) is 12.1 Å². The van der Waals surface area contributed by atoms with Gasteiger partial charge in [0.05, 0.1) is 5.75 Å². The summed E-state index contributed by atoms with van der Waals surface area (Å²) >= 11 is 0. The molecule has 0 aliphatic carbocycles. The van der Waals surface area contributed by atoms with E-state index in [2.05, 4.69) is 5.32 Å². The third kappa shape index (κ3) is 4.79. The lowest BCUT2D eigenvalue weighted by molar-refractivity contribution is 0.486. The van der Waals surface area contributed by atoms with Gasteiger partial charge in [0.25, 0.3) is 0 Å². The molecule has 0 radical (unpaired) electrons. The molecule has 1 unspecified atom stereocenters. The van der Waals surface area contributed by atoms with Crippen molar-refractivity contribution in [1.29, 1.82) is 0 Å². The summed E-state index contributed by atoms with van der Waals surface area (Å²) in [4.78, 5) is 0. The zero-order valence-corrected chi connectivity index (χ0v) is 10.5. The summed E-state index contributed by atoms with van der Waals surface area (Å²) in [6.45, 7) is 1.78. The first kappa shape index (κ1) is 14.1. The molecular formula is C11H15F2NO2S. The molecule has 17 heavy (non-hydrogen) atoms. The molecule has 0 saturated carbocycles. The molecule has 0 fully saturated rings. The molecule has 1 rings (SSSR count). The molecule has 1 atom stereocenters. The van der Waals surface area contributed by atoms with Gasteiger partial charge in [-0.15, -0.1) is 0 Å². The van der Waals surface area contributed by atoms with Gasteiger partial charge < -0.3 is 5.32 Å². The molecule has 96 valence electrons. The summed E-state index contributed by atoms with van der Waals surface area (Å²) in [5.74, 6) is -1.84. The van der Waals surface area contributed by atoms with Gasteiger partial charge in [-0.05, 0) is 13.0 Å². The minimum absolute atomic E-state index is 0.0378. The summed E-state index contributed by atoms with van der Waals surface area (Å²) in [5, 5.41) is 2.84. The average Bonchev–Trinajstić information content (AvgIpc) is 2.18. The number of nitrogens with one attached hydrogen (secondary N) is 1. The largest absolute Gasteiger partial charge is 0.309 e. The number of benzene rings is 1. The van der Waals surface area contributed by atoms with Gasteiger partial charge in [-0.25, -0.2) is 17.2 Å². The molecular weight excluding hydrogens is 248 g/mol. The number of sulfone groups is 1. The van der Waals surface area contributed by atoms with Crippen LogP contribution >= 0.6 is 0 Å². The van der Waals surface area contributed by atoms with E-state index in [0.717, 1.165) is 12.3 Å². The first-order valence-corrected chi connectivity index (χ1v) is 7.19. The summed E-state index contributed by atoms with van der Waals surface area (Å²) in [6, 6.07) is 3.60. The van der Waals surface area contributed by atoms with Gasteiger partial charge in [-0.3, -0.25) is 0 Å². The van der Waals surface area contributed by atoms with Crippen molar-refractivity contribution in [3.8, 4) is 0 Å². The Balaban J connectivity index is 2.59. The maximum absolute atomic E-state index is 13.3. The average molecular weight is 263 g/mol. The fourth-order valence-corrected chi connectivity index (χ4v) is 2.51. The van der Waals surface area contributed by atoms with Crippen molar-refractivity contribution in [3.05, 3.63) is 35.4 Å². The van der Waals surface area contributed by atoms with Crippen molar-refractivity contribution in [1.82, 2.24) is 5.32 Å². The first-order valence-electron chi connectivity index (χ1n) is 5.13. The Bertz CT molecular complexity index is 488. The molecule has 0 heterocycles. The molecule has 6 heteroatoms. The van der Waals surface area contributed by atoms with Crippen molar-refractivity contribution in [2.24, 2.45) is 0 Å². The van der Waals surface area contributed by atoms with Crippen molar-refractivity contribution < 1.29 is 17.2 Å². The number of rotatable bonds is 5. The van der Waals surface area contributed by atoms with Crippen molar-refractivity contribution in [3.63, 3.8) is 0 Å². The SMILES string of the molecule is CC(CS(C)(=O)=O)NCc1cccc(F)c1F. The van der Waals surface area contributed by atoms with E-state index in [9.17, 15) is 17.2 Å². The lowest BCUT2D eigenvalue weighted by atomic mass is 10.2. The van der Waals surface area contributed by atoms with E-state index in [1.54, 1.807) is 6.92 Å². The Labute approximate surface area is 99.8 Å². The van der Waals surface area contributed by atoms with E-state index in [0.29, 0.717) is 0 Å². The highest BCUT2D eigenvalue weighted by molar-refractivity contribution is 7.90. The van der Waals surface area contributed by atoms with E-state index in [1.807, 2.05) is 0 Å². The van der Waals surface area contributed by atoms with Crippen LogP contribution in [0.15, 0.2) is 18.2 Å². The van der Waals surface area contributed by atoms with Crippen LogP contribution in [0.5, 0.6) is 0 Å². The normalized spacial score (nSPS) is 13.6. The Morgan fingerprint density at radius 2 is 2.00 bits per heavy atom. The lowest BCUT2D eigenvalue weighted by Crippen LogP contribution is -2.32. The predicted molar refractivity (Wildman–Crippen MR) is 62.4 cm³/mol. The quantitative estimate of drug-likeness (QED) is 0.875. The Morgan fingerprint density at radius 1 is 1.35 bits per heavy atom. The van der Waals surface area contributed by atoms with Crippen LogP contribution in [0.2, 0.25) is 0 Å². The fourth-order valence-electron chi connectivity index (χ4n) is 1.48. The smallest absolute Gasteiger partial charge is 0.163 e. The van der Waals surface area contributed by atoms with Gasteiger partial charge in [0.15, 0.2) is 11.6 Å². The molecule has 0 aliphatic heterocycles. The van der Waals surface area contributed by atoms with Crippen LogP contribution in [0.4, 0.5) is 8.78 Å². The maximum atomic E-state index is 13.3. The third-order valence-corrected chi connectivity index (χ3v) is 3.33. The van der Waals surface area contributed by atoms with Gasteiger partial charge in [0.1, 0.15) is 9.84 Å². The standard InChI is InChI=1S/C11H15F2NO2S/c1-8(7-17(2,15)16)14-6-9-4-3-5-10(12)11(9)13/h3-5,8,14H,6-7H2,1-2H3. The van der Waals surface area contributed by atoms with Gasteiger partial charge >= 0.3 is 0 Å². The molecule has 0 aromatic heterocycles. The fraction of sp³-hybridized carbons (Fsp3) is 0.455. The maximum Gasteiger partial charge on any atom is 0.163 e. The molecule has 0 bridgehead atoms. The summed E-state index contributed by atoms with van der Waals surface area (Å²) in [5.41, 5.74) is 0.186. The van der Waals surface area contributed by atoms with Gasteiger partial charge in [0, 0.05) is 24.4 Å². The second kappa shape index (κ2) is 5.55. The van der Waals surface area contributed by atoms with Crippen LogP contribution in [-0.2, 0) is 16.4 Å². The Kier molecular flexibility index (Phi) is 4.59. The third-order valence-electron chi connectivity index (χ3n) is 2.23. The van der Waals surface area contributed by atoms with E-state index >= 15 is 0 Å². The van der Waals surface area contributed by atoms with Crippen molar-refractivity contribution in [2.45, 2.75) is 19.5 Å².